The van der Waals surface area contributed by atoms with Crippen molar-refractivity contribution >= 4 is 38.2 Å². The third-order valence-electron chi connectivity index (χ3n) is 2.88. The average molecular weight is 320 g/mol. The van der Waals surface area contributed by atoms with E-state index in [0.717, 1.165) is 10.9 Å². The van der Waals surface area contributed by atoms with E-state index in [0.29, 0.717) is 5.69 Å². The zero-order valence-corrected chi connectivity index (χ0v) is 12.3. The Balaban J connectivity index is 1.99. The highest BCUT2D eigenvalue weighted by molar-refractivity contribution is 7.92. The number of benzene rings is 1. The van der Waals surface area contributed by atoms with Gasteiger partial charge in [0, 0.05) is 29.7 Å². The van der Waals surface area contributed by atoms with Gasteiger partial charge >= 0.3 is 0 Å². The largest absolute Gasteiger partial charge is 0.280 e. The van der Waals surface area contributed by atoms with Crippen LogP contribution in [0.5, 0.6) is 0 Å². The molecule has 21 heavy (non-hydrogen) atoms. The molecule has 0 amide bonds. The van der Waals surface area contributed by atoms with Gasteiger partial charge in [-0.05, 0) is 30.3 Å². The molecule has 2 aromatic heterocycles. The number of hydrogen-bond acceptors (Lipinski definition) is 4. The van der Waals surface area contributed by atoms with E-state index in [9.17, 15) is 8.42 Å². The lowest BCUT2D eigenvalue weighted by Crippen LogP contribution is -2.13. The van der Waals surface area contributed by atoms with Gasteiger partial charge in [0.1, 0.15) is 4.90 Å². The third kappa shape index (κ3) is 2.81. The van der Waals surface area contributed by atoms with Gasteiger partial charge in [0.15, 0.2) is 0 Å². The summed E-state index contributed by atoms with van der Waals surface area (Å²) in [4.78, 5) is 7.92. The summed E-state index contributed by atoms with van der Waals surface area (Å²) < 4.78 is 27.1. The monoisotopic (exact) mass is 319 g/mol. The SMILES string of the molecule is O=S(=O)(Nc1ccc2ncccc2c1)c1cnccc1Cl. The summed E-state index contributed by atoms with van der Waals surface area (Å²) in [5.74, 6) is 0. The van der Waals surface area contributed by atoms with Crippen molar-refractivity contribution in [3.05, 3.63) is 60.0 Å². The number of sulfonamides is 1. The molecule has 3 rings (SSSR count). The number of rotatable bonds is 3. The van der Waals surface area contributed by atoms with Gasteiger partial charge in [-0.25, -0.2) is 8.42 Å². The predicted octanol–water partition coefficient (Wildman–Crippen LogP) is 3.08. The number of halogens is 1. The van der Waals surface area contributed by atoms with Crippen LogP contribution in [0, 0.1) is 0 Å². The topological polar surface area (TPSA) is 72.0 Å². The summed E-state index contributed by atoms with van der Waals surface area (Å²) in [6, 6.07) is 10.2. The average Bonchev–Trinajstić information content (AvgIpc) is 2.47. The van der Waals surface area contributed by atoms with Crippen molar-refractivity contribution in [1.29, 1.82) is 0 Å². The highest BCUT2D eigenvalue weighted by atomic mass is 35.5. The summed E-state index contributed by atoms with van der Waals surface area (Å²) >= 11 is 5.90. The summed E-state index contributed by atoms with van der Waals surface area (Å²) in [7, 11) is -3.78. The van der Waals surface area contributed by atoms with Crippen molar-refractivity contribution in [3.8, 4) is 0 Å². The minimum Gasteiger partial charge on any atom is -0.280 e. The lowest BCUT2D eigenvalue weighted by atomic mass is 10.2. The first-order valence-corrected chi connectivity index (χ1v) is 7.89. The summed E-state index contributed by atoms with van der Waals surface area (Å²) in [6.07, 6.45) is 4.33. The maximum absolute atomic E-state index is 12.3. The van der Waals surface area contributed by atoms with Crippen LogP contribution in [0.2, 0.25) is 5.02 Å². The Labute approximate surface area is 126 Å². The minimum absolute atomic E-state index is 0.0575. The second kappa shape index (κ2) is 5.31. The van der Waals surface area contributed by atoms with Crippen LogP contribution >= 0.6 is 11.6 Å². The highest BCUT2D eigenvalue weighted by Crippen LogP contribution is 2.24. The Morgan fingerprint density at radius 1 is 1.10 bits per heavy atom. The number of nitrogens with one attached hydrogen (secondary N) is 1. The maximum atomic E-state index is 12.3. The van der Waals surface area contributed by atoms with Crippen LogP contribution in [0.3, 0.4) is 0 Å². The van der Waals surface area contributed by atoms with E-state index in [1.54, 1.807) is 30.5 Å². The number of nitrogens with zero attached hydrogens (tertiary/aromatic N) is 2. The van der Waals surface area contributed by atoms with Gasteiger partial charge in [0.05, 0.1) is 10.5 Å². The fourth-order valence-electron chi connectivity index (χ4n) is 1.91. The molecule has 5 nitrogen and oxygen atoms in total. The number of pyridine rings is 2. The van der Waals surface area contributed by atoms with Crippen molar-refractivity contribution in [2.75, 3.05) is 4.72 Å². The van der Waals surface area contributed by atoms with Crippen molar-refractivity contribution in [2.45, 2.75) is 4.90 Å². The Bertz CT molecular complexity index is 913. The molecule has 0 saturated carbocycles. The second-order valence-electron chi connectivity index (χ2n) is 4.32. The van der Waals surface area contributed by atoms with Gasteiger partial charge in [-0.15, -0.1) is 0 Å². The number of anilines is 1. The summed E-state index contributed by atoms with van der Waals surface area (Å²) in [6.45, 7) is 0. The fourth-order valence-corrected chi connectivity index (χ4v) is 3.39. The molecule has 0 fully saturated rings. The van der Waals surface area contributed by atoms with Crippen molar-refractivity contribution in [2.24, 2.45) is 0 Å². The quantitative estimate of drug-likeness (QED) is 0.805. The van der Waals surface area contributed by atoms with E-state index < -0.39 is 10.0 Å². The van der Waals surface area contributed by atoms with Crippen LogP contribution in [0.4, 0.5) is 5.69 Å². The first-order valence-electron chi connectivity index (χ1n) is 6.03. The molecule has 3 aromatic rings. The highest BCUT2D eigenvalue weighted by Gasteiger charge is 2.18. The molecule has 2 heterocycles. The molecule has 0 aliphatic rings. The zero-order chi connectivity index (χ0) is 14.9. The second-order valence-corrected chi connectivity index (χ2v) is 6.38. The van der Waals surface area contributed by atoms with E-state index in [2.05, 4.69) is 14.7 Å². The molecule has 0 bridgehead atoms. The lowest BCUT2D eigenvalue weighted by molar-refractivity contribution is 0.601. The molecular weight excluding hydrogens is 310 g/mol. The Kier molecular flexibility index (Phi) is 3.48. The molecule has 1 aromatic carbocycles. The van der Waals surface area contributed by atoms with Gasteiger partial charge in [0.25, 0.3) is 10.0 Å². The van der Waals surface area contributed by atoms with Crippen LogP contribution in [0.25, 0.3) is 10.9 Å². The van der Waals surface area contributed by atoms with Gasteiger partial charge in [-0.1, -0.05) is 17.7 Å². The zero-order valence-electron chi connectivity index (χ0n) is 10.7. The normalized spacial score (nSPS) is 11.5. The number of aromatic nitrogens is 2. The minimum atomic E-state index is -3.78. The van der Waals surface area contributed by atoms with Crippen molar-refractivity contribution in [1.82, 2.24) is 9.97 Å². The Hall–Kier alpha value is -2.18. The first kappa shape index (κ1) is 13.8. The fraction of sp³-hybridized carbons (Fsp3) is 0. The van der Waals surface area contributed by atoms with Crippen molar-refractivity contribution in [3.63, 3.8) is 0 Å². The summed E-state index contributed by atoms with van der Waals surface area (Å²) in [5.41, 5.74) is 1.23. The third-order valence-corrected chi connectivity index (χ3v) is 4.73. The number of fused-ring (bicyclic) bond motifs is 1. The first-order chi connectivity index (χ1) is 10.1. The Morgan fingerprint density at radius 3 is 2.76 bits per heavy atom. The van der Waals surface area contributed by atoms with E-state index in [4.69, 9.17) is 11.6 Å². The van der Waals surface area contributed by atoms with Gasteiger partial charge in [0.2, 0.25) is 0 Å². The molecule has 0 unspecified atom stereocenters. The Morgan fingerprint density at radius 2 is 1.95 bits per heavy atom. The number of hydrogen-bond donors (Lipinski definition) is 1. The predicted molar refractivity (Wildman–Crippen MR) is 81.8 cm³/mol. The molecular formula is C14H10ClN3O2S. The van der Waals surface area contributed by atoms with E-state index in [1.807, 2.05) is 6.07 Å². The van der Waals surface area contributed by atoms with E-state index in [-0.39, 0.29) is 9.92 Å². The van der Waals surface area contributed by atoms with Crippen LogP contribution < -0.4 is 4.72 Å². The standard InChI is InChI=1S/C14H10ClN3O2S/c15-12-5-7-16-9-14(12)21(19,20)18-11-3-4-13-10(8-11)2-1-6-17-13/h1-9,18H. The smallest absolute Gasteiger partial charge is 0.264 e. The molecule has 0 aliphatic heterocycles. The molecule has 0 spiro atoms. The molecule has 1 N–H and O–H groups in total. The van der Waals surface area contributed by atoms with E-state index in [1.165, 1.54) is 18.5 Å². The maximum Gasteiger partial charge on any atom is 0.264 e. The van der Waals surface area contributed by atoms with E-state index >= 15 is 0 Å². The molecule has 0 radical (unpaired) electrons. The molecule has 0 aliphatic carbocycles. The van der Waals surface area contributed by atoms with Crippen LogP contribution in [0.15, 0.2) is 59.9 Å². The van der Waals surface area contributed by atoms with Crippen molar-refractivity contribution < 1.29 is 8.42 Å². The molecule has 0 saturated heterocycles. The molecule has 106 valence electrons. The molecule has 0 atom stereocenters. The van der Waals surface area contributed by atoms with Crippen LogP contribution in [0.1, 0.15) is 0 Å². The summed E-state index contributed by atoms with van der Waals surface area (Å²) in [5, 5.41) is 0.968. The van der Waals surface area contributed by atoms with Crippen LogP contribution in [-0.4, -0.2) is 18.4 Å². The molecule has 7 heteroatoms. The van der Waals surface area contributed by atoms with Gasteiger partial charge in [-0.2, -0.15) is 0 Å². The van der Waals surface area contributed by atoms with Gasteiger partial charge < -0.3 is 0 Å². The van der Waals surface area contributed by atoms with Gasteiger partial charge in [-0.3, -0.25) is 14.7 Å². The van der Waals surface area contributed by atoms with Crippen LogP contribution in [-0.2, 0) is 10.0 Å². The lowest BCUT2D eigenvalue weighted by Gasteiger charge is -2.09.